The summed E-state index contributed by atoms with van der Waals surface area (Å²) in [6, 6.07) is 0.759. The molecular weight excluding hydrogens is 331 g/mol. The van der Waals surface area contributed by atoms with Gasteiger partial charge in [-0.15, -0.1) is 0 Å². The van der Waals surface area contributed by atoms with Gasteiger partial charge in [-0.05, 0) is 6.08 Å². The van der Waals surface area contributed by atoms with Gasteiger partial charge < -0.3 is 10.8 Å². The maximum atomic E-state index is 12.3. The molecule has 0 aromatic carbocycles. The standard InChI is InChI=1S/C11H9ClF3N3O2S/c1-2-3-4-6(12)9(16)18-7(10(19)20)5-8(17-18)21-11(13,14)15/h2-5H,1,16H2,(H,19,20)/b4-3-,9-6-. The van der Waals surface area contributed by atoms with E-state index >= 15 is 0 Å². The Kier molecular flexibility index (Phi) is 5.50. The number of carbonyl (C=O) groups is 1. The molecule has 1 rings (SSSR count). The average Bonchev–Trinajstić information content (AvgIpc) is 2.76. The van der Waals surface area contributed by atoms with Crippen molar-refractivity contribution in [2.75, 3.05) is 0 Å². The van der Waals surface area contributed by atoms with E-state index in [4.69, 9.17) is 22.4 Å². The second-order valence-corrected chi connectivity index (χ2v) is 4.95. The molecule has 114 valence electrons. The van der Waals surface area contributed by atoms with Crippen molar-refractivity contribution in [2.24, 2.45) is 5.73 Å². The van der Waals surface area contributed by atoms with Gasteiger partial charge in [0.05, 0.1) is 5.03 Å². The number of allylic oxidation sites excluding steroid dienone is 4. The van der Waals surface area contributed by atoms with E-state index < -0.39 is 34.0 Å². The highest BCUT2D eigenvalue weighted by Crippen LogP contribution is 2.36. The number of alkyl halides is 3. The predicted octanol–water partition coefficient (Wildman–Crippen LogP) is 3.26. The molecule has 10 heteroatoms. The van der Waals surface area contributed by atoms with Gasteiger partial charge in [0.15, 0.2) is 5.69 Å². The Morgan fingerprint density at radius 2 is 2.19 bits per heavy atom. The number of carboxylic acid groups (broad SMARTS) is 1. The summed E-state index contributed by atoms with van der Waals surface area (Å²) in [5, 5.41) is 11.8. The van der Waals surface area contributed by atoms with Gasteiger partial charge >= 0.3 is 11.5 Å². The zero-order chi connectivity index (χ0) is 16.2. The van der Waals surface area contributed by atoms with Crippen LogP contribution in [0.25, 0.3) is 5.82 Å². The largest absolute Gasteiger partial charge is 0.477 e. The van der Waals surface area contributed by atoms with Crippen LogP contribution in [0.5, 0.6) is 0 Å². The number of hydrogen-bond acceptors (Lipinski definition) is 4. The van der Waals surface area contributed by atoms with Crippen molar-refractivity contribution in [2.45, 2.75) is 10.5 Å². The van der Waals surface area contributed by atoms with Gasteiger partial charge in [-0.2, -0.15) is 18.3 Å². The third kappa shape index (κ3) is 4.87. The van der Waals surface area contributed by atoms with Crippen molar-refractivity contribution < 1.29 is 23.1 Å². The summed E-state index contributed by atoms with van der Waals surface area (Å²) in [6.45, 7) is 3.40. The van der Waals surface area contributed by atoms with Crippen LogP contribution in [0.15, 0.2) is 40.9 Å². The first-order chi connectivity index (χ1) is 9.65. The zero-order valence-corrected chi connectivity index (χ0v) is 11.8. The Labute approximate surface area is 126 Å². The number of aromatic carboxylic acids is 1. The molecule has 0 aliphatic carbocycles. The summed E-state index contributed by atoms with van der Waals surface area (Å²) in [5.74, 6) is -1.81. The van der Waals surface area contributed by atoms with Crippen LogP contribution in [-0.2, 0) is 0 Å². The lowest BCUT2D eigenvalue weighted by Crippen LogP contribution is -2.15. The number of thioether (sulfide) groups is 1. The molecule has 0 amide bonds. The summed E-state index contributed by atoms with van der Waals surface area (Å²) in [7, 11) is 0. The van der Waals surface area contributed by atoms with Crippen LogP contribution in [-0.4, -0.2) is 26.4 Å². The molecule has 0 saturated carbocycles. The van der Waals surface area contributed by atoms with Gasteiger partial charge in [0.1, 0.15) is 10.8 Å². The lowest BCUT2D eigenvalue weighted by molar-refractivity contribution is -0.0329. The molecule has 0 unspecified atom stereocenters. The van der Waals surface area contributed by atoms with Crippen LogP contribution >= 0.6 is 23.4 Å². The Bertz CT molecular complexity index is 623. The number of nitrogens with two attached hydrogens (primary N) is 1. The monoisotopic (exact) mass is 339 g/mol. The molecule has 3 N–H and O–H groups in total. The van der Waals surface area contributed by atoms with E-state index in [9.17, 15) is 18.0 Å². The van der Waals surface area contributed by atoms with E-state index in [1.807, 2.05) is 0 Å². The molecule has 0 radical (unpaired) electrons. The molecule has 21 heavy (non-hydrogen) atoms. The number of hydrogen-bond donors (Lipinski definition) is 2. The first kappa shape index (κ1) is 17.2. The van der Waals surface area contributed by atoms with Crippen LogP contribution in [0.4, 0.5) is 13.2 Å². The number of aromatic nitrogens is 2. The Morgan fingerprint density at radius 1 is 1.57 bits per heavy atom. The summed E-state index contributed by atoms with van der Waals surface area (Å²) in [6.07, 6.45) is 4.11. The van der Waals surface area contributed by atoms with E-state index in [-0.39, 0.29) is 10.9 Å². The predicted molar refractivity (Wildman–Crippen MR) is 73.7 cm³/mol. The normalized spacial score (nSPS) is 13.3. The molecule has 1 aromatic rings. The van der Waals surface area contributed by atoms with Crippen LogP contribution in [0.2, 0.25) is 0 Å². The molecule has 0 fully saturated rings. The van der Waals surface area contributed by atoms with E-state index in [2.05, 4.69) is 11.7 Å². The highest BCUT2D eigenvalue weighted by Gasteiger charge is 2.32. The molecule has 0 atom stereocenters. The third-order valence-corrected chi connectivity index (χ3v) is 2.94. The van der Waals surface area contributed by atoms with Crippen molar-refractivity contribution in [3.63, 3.8) is 0 Å². The summed E-state index contributed by atoms with van der Waals surface area (Å²) in [4.78, 5) is 11.0. The SMILES string of the molecule is C=C/C=C\C(Cl)=C(/N)n1nc(SC(F)(F)F)cc1C(=O)O. The van der Waals surface area contributed by atoms with E-state index in [1.54, 1.807) is 0 Å². The highest BCUT2D eigenvalue weighted by molar-refractivity contribution is 8.00. The first-order valence-electron chi connectivity index (χ1n) is 5.19. The van der Waals surface area contributed by atoms with Crippen molar-refractivity contribution in [3.05, 3.63) is 41.6 Å². The topological polar surface area (TPSA) is 81.1 Å². The van der Waals surface area contributed by atoms with E-state index in [0.29, 0.717) is 4.68 Å². The second-order valence-electron chi connectivity index (χ2n) is 3.46. The Hall–Kier alpha value is -1.87. The summed E-state index contributed by atoms with van der Waals surface area (Å²) >= 11 is 5.25. The van der Waals surface area contributed by atoms with Crippen molar-refractivity contribution in [1.82, 2.24) is 9.78 Å². The molecule has 0 aliphatic rings. The third-order valence-electron chi connectivity index (χ3n) is 1.98. The molecule has 1 aromatic heterocycles. The van der Waals surface area contributed by atoms with Gasteiger partial charge in [-0.1, -0.05) is 30.3 Å². The first-order valence-corrected chi connectivity index (χ1v) is 6.39. The Balaban J connectivity index is 3.31. The quantitative estimate of drug-likeness (QED) is 0.635. The minimum atomic E-state index is -4.60. The lowest BCUT2D eigenvalue weighted by Gasteiger charge is -2.05. The van der Waals surface area contributed by atoms with Gasteiger partial charge in [-0.3, -0.25) is 0 Å². The molecule has 5 nitrogen and oxygen atoms in total. The molecule has 1 heterocycles. The molecule has 0 aliphatic heterocycles. The van der Waals surface area contributed by atoms with Crippen molar-refractivity contribution >= 4 is 35.2 Å². The highest BCUT2D eigenvalue weighted by atomic mass is 35.5. The van der Waals surface area contributed by atoms with Crippen LogP contribution < -0.4 is 5.73 Å². The smallest absolute Gasteiger partial charge is 0.447 e. The van der Waals surface area contributed by atoms with Gasteiger partial charge in [-0.25, -0.2) is 9.48 Å². The van der Waals surface area contributed by atoms with E-state index in [0.717, 1.165) is 6.07 Å². The lowest BCUT2D eigenvalue weighted by atomic mass is 10.4. The molecule has 0 bridgehead atoms. The van der Waals surface area contributed by atoms with Crippen molar-refractivity contribution in [1.29, 1.82) is 0 Å². The Morgan fingerprint density at radius 3 is 2.67 bits per heavy atom. The summed E-state index contributed by atoms with van der Waals surface area (Å²) in [5.41, 5.74) is 0.469. The zero-order valence-electron chi connectivity index (χ0n) is 10.3. The van der Waals surface area contributed by atoms with Gasteiger partial charge in [0.25, 0.3) is 0 Å². The second kappa shape index (κ2) is 6.72. The molecule has 0 saturated heterocycles. The maximum absolute atomic E-state index is 12.3. The fraction of sp³-hybridized carbons (Fsp3) is 0.0909. The van der Waals surface area contributed by atoms with Crippen molar-refractivity contribution in [3.8, 4) is 0 Å². The van der Waals surface area contributed by atoms with Crippen LogP contribution in [0, 0.1) is 0 Å². The maximum Gasteiger partial charge on any atom is 0.447 e. The fourth-order valence-electron chi connectivity index (χ4n) is 1.20. The van der Waals surface area contributed by atoms with Crippen LogP contribution in [0.3, 0.4) is 0 Å². The van der Waals surface area contributed by atoms with Gasteiger partial charge in [0.2, 0.25) is 0 Å². The average molecular weight is 340 g/mol. The number of halogens is 4. The molecular formula is C11H9ClF3N3O2S. The summed E-state index contributed by atoms with van der Waals surface area (Å²) < 4.78 is 37.5. The van der Waals surface area contributed by atoms with Gasteiger partial charge in [0, 0.05) is 17.8 Å². The van der Waals surface area contributed by atoms with Crippen LogP contribution in [0.1, 0.15) is 10.5 Å². The number of rotatable bonds is 5. The van der Waals surface area contributed by atoms with E-state index in [1.165, 1.54) is 18.2 Å². The fourth-order valence-corrected chi connectivity index (χ4v) is 1.89. The molecule has 0 spiro atoms. The number of nitrogens with zero attached hydrogens (tertiary/aromatic N) is 2. The minimum Gasteiger partial charge on any atom is -0.477 e. The number of carboxylic acids is 1. The minimum absolute atomic E-state index is 0.0935.